The van der Waals surface area contributed by atoms with Crippen LogP contribution in [0.25, 0.3) is 44.3 Å². The third kappa shape index (κ3) is 13.8. The molecule has 14 unspecified atom stereocenters. The third-order valence-electron chi connectivity index (χ3n) is 28.0. The number of benzene rings is 2. The van der Waals surface area contributed by atoms with Crippen molar-refractivity contribution >= 4 is 51.7 Å². The SMILES string of the molecule is CCCCNC(=O)CC[C@@H](C)C1CCC2C3CCC4CC(OC(=O)Cn5cc(-c6ccc7c8ccc(-c9cn(CC(=O)O[C@@H]%10CCC%11(C)C%12CCC%13(C)C(CCC%13[C@H](C)CCC(=O)O)C%12CC[C@@H]%11C%10)nn9)cc8n(CCNC(=O)OC(C)(C)C)c7c6)nn5)CCC4(C)C3CCC21C. The fraction of sp³-hybridized carbons (Fsp3) is 0.734. The summed E-state index contributed by atoms with van der Waals surface area (Å²) in [6.07, 6.45) is 28.4. The summed E-state index contributed by atoms with van der Waals surface area (Å²) < 4.78 is 23.6. The maximum absolute atomic E-state index is 13.8. The van der Waals surface area contributed by atoms with Gasteiger partial charge in [0.05, 0.1) is 12.4 Å². The quantitative estimate of drug-likeness (QED) is 0.0334. The van der Waals surface area contributed by atoms with Crippen molar-refractivity contribution in [2.45, 2.75) is 261 Å². The van der Waals surface area contributed by atoms with Crippen molar-refractivity contribution in [1.82, 2.24) is 45.2 Å². The minimum absolute atomic E-state index is 0.0306. The number of amides is 2. The standard InChI is InChI=1S/C79H113N9O9/c1-11-12-37-80-70(89)27-13-48(2)60-23-25-62-58-21-17-52-42-54(29-33-76(52,7)64(58)31-35-78(60,62)9)95-72(92)46-86-44-66(82-84-86)50-15-19-56-57-20-16-51(41-69(57)88(68(56)40-50)39-38-81-74(94)97-75(4,5)6)67-45-87(85-83-67)47-73(93)96-55-30-34-77(8)53(43-55)18-22-59-63-26-24-61(49(3)14-28-71(90)91)79(63,10)36-32-65(59)77/h15-16,19-20,40-41,44-45,48-49,52-55,58-65H,11-14,17-18,21-39,42-43,46-47H2,1-10H3,(H,80,89)(H,81,94)(H,90,91)/t48-,49-,52?,53-,54?,55-,58?,59?,60?,61?,62?,63?,64?,65?,76?,77?,78?,79?/m1/s1. The lowest BCUT2D eigenvalue weighted by Gasteiger charge is -2.61. The number of aliphatic carboxylic acids is 1. The lowest BCUT2D eigenvalue weighted by atomic mass is 9.44. The van der Waals surface area contributed by atoms with E-state index in [0.717, 1.165) is 121 Å². The molecule has 18 nitrogen and oxygen atoms in total. The number of rotatable bonds is 22. The van der Waals surface area contributed by atoms with Crippen molar-refractivity contribution < 1.29 is 43.3 Å². The van der Waals surface area contributed by atoms with Crippen LogP contribution in [0.2, 0.25) is 0 Å². The number of carbonyl (C=O) groups is 5. The van der Waals surface area contributed by atoms with Crippen LogP contribution in [0.5, 0.6) is 0 Å². The molecular weight excluding hydrogens is 1220 g/mol. The van der Waals surface area contributed by atoms with Gasteiger partial charge in [0.15, 0.2) is 0 Å². The van der Waals surface area contributed by atoms with Crippen LogP contribution in [-0.2, 0) is 53.0 Å². The molecule has 13 rings (SSSR count). The van der Waals surface area contributed by atoms with Gasteiger partial charge in [-0.25, -0.2) is 14.2 Å². The van der Waals surface area contributed by atoms with Crippen LogP contribution < -0.4 is 10.6 Å². The number of ether oxygens (including phenoxy) is 3. The van der Waals surface area contributed by atoms with Crippen LogP contribution in [0.4, 0.5) is 4.79 Å². The van der Waals surface area contributed by atoms with Gasteiger partial charge in [0.1, 0.15) is 42.3 Å². The molecular formula is C79H113N9O9. The minimum Gasteiger partial charge on any atom is -0.481 e. The van der Waals surface area contributed by atoms with E-state index in [1.165, 1.54) is 77.0 Å². The summed E-state index contributed by atoms with van der Waals surface area (Å²) in [5.74, 6) is 6.60. The minimum atomic E-state index is -0.686. The zero-order valence-electron chi connectivity index (χ0n) is 60.1. The topological polar surface area (TPSA) is 224 Å². The zero-order valence-corrected chi connectivity index (χ0v) is 60.1. The van der Waals surface area contributed by atoms with Gasteiger partial charge in [0.2, 0.25) is 5.91 Å². The molecule has 0 spiro atoms. The molecule has 18 heteroatoms. The molecule has 0 radical (unpaired) electrons. The summed E-state index contributed by atoms with van der Waals surface area (Å²) in [4.78, 5) is 64.7. The van der Waals surface area contributed by atoms with Gasteiger partial charge >= 0.3 is 24.0 Å². The molecule has 2 aromatic carbocycles. The lowest BCUT2D eigenvalue weighted by Crippen LogP contribution is -2.54. The number of unbranched alkanes of at least 4 members (excludes halogenated alkanes) is 1. The Kier molecular flexibility index (Phi) is 19.7. The predicted octanol–water partition coefficient (Wildman–Crippen LogP) is 15.8. The van der Waals surface area contributed by atoms with E-state index in [2.05, 4.69) is 109 Å². The predicted molar refractivity (Wildman–Crippen MR) is 374 cm³/mol. The summed E-state index contributed by atoms with van der Waals surface area (Å²) in [5.41, 5.74) is 5.23. The molecule has 3 aromatic heterocycles. The number of fused-ring (bicyclic) bond motifs is 13. The largest absolute Gasteiger partial charge is 0.481 e. The molecule has 97 heavy (non-hydrogen) atoms. The number of alkyl carbamates (subject to hydrolysis) is 1. The van der Waals surface area contributed by atoms with Crippen LogP contribution in [0.15, 0.2) is 48.8 Å². The number of carbonyl (C=O) groups excluding carboxylic acids is 4. The number of aromatic nitrogens is 7. The Labute approximate surface area is 575 Å². The van der Waals surface area contributed by atoms with Gasteiger partial charge in [0.25, 0.3) is 0 Å². The van der Waals surface area contributed by atoms with Gasteiger partial charge in [0, 0.05) is 65.4 Å². The molecule has 2 amide bonds. The molecule has 3 N–H and O–H groups in total. The molecule has 8 fully saturated rings. The molecule has 8 aliphatic rings. The molecule has 0 aliphatic heterocycles. The van der Waals surface area contributed by atoms with Gasteiger partial charge < -0.3 is 34.5 Å². The lowest BCUT2D eigenvalue weighted by molar-refractivity contribution is -0.164. The highest BCUT2D eigenvalue weighted by molar-refractivity contribution is 6.10. The molecule has 0 bridgehead atoms. The van der Waals surface area contributed by atoms with E-state index >= 15 is 0 Å². The Morgan fingerprint density at radius 1 is 0.598 bits per heavy atom. The first kappa shape index (κ1) is 69.2. The van der Waals surface area contributed by atoms with Crippen molar-refractivity contribution in [2.24, 2.45) is 92.7 Å². The van der Waals surface area contributed by atoms with Crippen molar-refractivity contribution in [3.8, 4) is 22.5 Å². The highest BCUT2D eigenvalue weighted by atomic mass is 16.6. The van der Waals surface area contributed by atoms with Gasteiger partial charge in [-0.15, -0.1) is 10.2 Å². The van der Waals surface area contributed by atoms with Crippen LogP contribution in [0.1, 0.15) is 223 Å². The number of nitrogens with zero attached hydrogens (tertiary/aromatic N) is 7. The maximum atomic E-state index is 13.8. The van der Waals surface area contributed by atoms with Gasteiger partial charge in [-0.05, 0) is 260 Å². The second kappa shape index (κ2) is 27.7. The summed E-state index contributed by atoms with van der Waals surface area (Å²) >= 11 is 0. The van der Waals surface area contributed by atoms with E-state index < -0.39 is 17.7 Å². The average Bonchev–Trinajstić information content (AvgIpc) is 1.71. The van der Waals surface area contributed by atoms with Gasteiger partial charge in [-0.3, -0.25) is 19.2 Å². The molecule has 3 heterocycles. The fourth-order valence-electron chi connectivity index (χ4n) is 23.2. The number of esters is 2. The zero-order chi connectivity index (χ0) is 68.3. The normalized spacial score (nSPS) is 33.5. The second-order valence-electron chi connectivity index (χ2n) is 34.3. The molecule has 8 aliphatic carbocycles. The first-order valence-electron chi connectivity index (χ1n) is 38.1. The van der Waals surface area contributed by atoms with Gasteiger partial charge in [-0.1, -0.05) is 89.6 Å². The summed E-state index contributed by atoms with van der Waals surface area (Å²) in [6, 6.07) is 12.4. The third-order valence-corrected chi connectivity index (χ3v) is 28.0. The molecule has 18 atom stereocenters. The van der Waals surface area contributed by atoms with Crippen molar-refractivity contribution in [3.05, 3.63) is 48.8 Å². The van der Waals surface area contributed by atoms with Gasteiger partial charge in [-0.2, -0.15) is 0 Å². The average molecular weight is 1330 g/mol. The number of nitrogens with one attached hydrogen (secondary N) is 2. The smallest absolute Gasteiger partial charge is 0.407 e. The van der Waals surface area contributed by atoms with Crippen LogP contribution in [-0.4, -0.2) is 100 Å². The number of carboxylic acids is 1. The number of carboxylic acid groups (broad SMARTS) is 1. The van der Waals surface area contributed by atoms with Crippen LogP contribution >= 0.6 is 0 Å². The summed E-state index contributed by atoms with van der Waals surface area (Å²) in [5, 5.41) is 35.6. The van der Waals surface area contributed by atoms with Crippen LogP contribution in [0.3, 0.4) is 0 Å². The van der Waals surface area contributed by atoms with E-state index in [9.17, 15) is 29.1 Å². The fourth-order valence-corrected chi connectivity index (χ4v) is 23.2. The maximum Gasteiger partial charge on any atom is 0.407 e. The van der Waals surface area contributed by atoms with E-state index in [1.54, 1.807) is 15.6 Å². The van der Waals surface area contributed by atoms with Crippen molar-refractivity contribution in [1.29, 1.82) is 0 Å². The molecule has 528 valence electrons. The highest BCUT2D eigenvalue weighted by Crippen LogP contribution is 2.70. The molecule has 8 saturated carbocycles. The second-order valence-corrected chi connectivity index (χ2v) is 34.3. The van der Waals surface area contributed by atoms with E-state index in [4.69, 9.17) is 14.2 Å². The number of hydrogen-bond acceptors (Lipinski definition) is 12. The van der Waals surface area contributed by atoms with E-state index in [-0.39, 0.29) is 60.4 Å². The molecule has 0 saturated heterocycles. The van der Waals surface area contributed by atoms with Crippen molar-refractivity contribution in [3.63, 3.8) is 0 Å². The van der Waals surface area contributed by atoms with Crippen molar-refractivity contribution in [2.75, 3.05) is 13.1 Å². The Hall–Kier alpha value is -6.33. The Balaban J connectivity index is 0.628. The first-order valence-corrected chi connectivity index (χ1v) is 38.1. The Morgan fingerprint density at radius 2 is 1.07 bits per heavy atom. The Morgan fingerprint density at radius 3 is 1.55 bits per heavy atom. The Bertz CT molecular complexity index is 3700. The molecule has 5 aromatic rings. The summed E-state index contributed by atoms with van der Waals surface area (Å²) in [6.45, 7) is 24.1. The summed E-state index contributed by atoms with van der Waals surface area (Å²) in [7, 11) is 0. The first-order chi connectivity index (χ1) is 46.3. The monoisotopic (exact) mass is 1330 g/mol. The van der Waals surface area contributed by atoms with E-state index in [0.29, 0.717) is 95.0 Å². The number of hydrogen-bond donors (Lipinski definition) is 3. The van der Waals surface area contributed by atoms with Crippen LogP contribution in [0, 0.1) is 92.7 Å². The highest BCUT2D eigenvalue weighted by Gasteiger charge is 2.63. The van der Waals surface area contributed by atoms with E-state index in [1.807, 2.05) is 39.1 Å².